The number of carbonyl (C=O) groups excluding carboxylic acids is 1. The van der Waals surface area contributed by atoms with Gasteiger partial charge in [-0.05, 0) is 49.4 Å². The molecule has 0 aliphatic carbocycles. The van der Waals surface area contributed by atoms with Crippen molar-refractivity contribution >= 4 is 16.7 Å². The number of nitrogens with zero attached hydrogens (tertiary/aromatic N) is 1. The number of hydrogen-bond donors (Lipinski definition) is 1. The third-order valence-electron chi connectivity index (χ3n) is 4.44. The number of carbonyl (C=O) groups is 1. The van der Waals surface area contributed by atoms with Gasteiger partial charge in [-0.2, -0.15) is 0 Å². The van der Waals surface area contributed by atoms with Crippen molar-refractivity contribution in [2.75, 3.05) is 0 Å². The van der Waals surface area contributed by atoms with Gasteiger partial charge in [0.1, 0.15) is 0 Å². The summed E-state index contributed by atoms with van der Waals surface area (Å²) < 4.78 is 0. The predicted molar refractivity (Wildman–Crippen MR) is 121 cm³/mol. The number of allylic oxidation sites excluding steroid dienone is 2. The molecular weight excluding hydrogens is 551 g/mol. The zero-order valence-corrected chi connectivity index (χ0v) is 21.1. The van der Waals surface area contributed by atoms with Gasteiger partial charge in [0.15, 0.2) is 5.78 Å². The summed E-state index contributed by atoms with van der Waals surface area (Å²) in [5, 5.41) is 9.57. The van der Waals surface area contributed by atoms with Crippen LogP contribution in [0.2, 0.25) is 0 Å². The fourth-order valence-corrected chi connectivity index (χ4v) is 3.27. The topological polar surface area (TPSA) is 50.2 Å². The summed E-state index contributed by atoms with van der Waals surface area (Å²) in [7, 11) is 0. The summed E-state index contributed by atoms with van der Waals surface area (Å²) in [5.41, 5.74) is 8.18. The Morgan fingerprint density at radius 3 is 2.20 bits per heavy atom. The van der Waals surface area contributed by atoms with E-state index in [9.17, 15) is 4.79 Å². The quantitative estimate of drug-likeness (QED) is 0.211. The van der Waals surface area contributed by atoms with Crippen LogP contribution in [0, 0.1) is 26.8 Å². The number of aliphatic hydroxyl groups excluding tert-OH is 1. The zero-order chi connectivity index (χ0) is 21.7. The maximum absolute atomic E-state index is 10.0. The van der Waals surface area contributed by atoms with Crippen LogP contribution in [-0.4, -0.2) is 15.9 Å². The van der Waals surface area contributed by atoms with Crippen LogP contribution in [0.4, 0.5) is 0 Å². The summed E-state index contributed by atoms with van der Waals surface area (Å²) in [6, 6.07) is 16.6. The van der Waals surface area contributed by atoms with Crippen LogP contribution in [-0.2, 0) is 24.9 Å². The van der Waals surface area contributed by atoms with E-state index in [2.05, 4.69) is 77.1 Å². The summed E-state index contributed by atoms with van der Waals surface area (Å²) in [6.45, 7) is 13.6. The SMILES string of the molecule is CC(=O)/C=C(/C)O.Cc1[c-]c(-c2nc3cc(C)ccc3cc2C(C)C)cc(C)c1.[Ir]. The number of pyridine rings is 1. The molecule has 0 saturated carbocycles. The molecule has 1 heterocycles. The first-order valence-electron chi connectivity index (χ1n) is 9.87. The van der Waals surface area contributed by atoms with Gasteiger partial charge in [0.25, 0.3) is 0 Å². The molecule has 3 aromatic rings. The number of ketones is 1. The molecule has 30 heavy (non-hydrogen) atoms. The third-order valence-corrected chi connectivity index (χ3v) is 4.44. The maximum atomic E-state index is 10.0. The molecule has 0 aliphatic heterocycles. The Kier molecular flexibility index (Phi) is 9.61. The van der Waals surface area contributed by atoms with Crippen molar-refractivity contribution in [2.45, 2.75) is 54.4 Å². The number of aromatic nitrogens is 1. The average molecular weight is 581 g/mol. The van der Waals surface area contributed by atoms with Gasteiger partial charge < -0.3 is 5.11 Å². The van der Waals surface area contributed by atoms with Crippen molar-refractivity contribution < 1.29 is 30.0 Å². The smallest absolute Gasteiger partial charge is 0.155 e. The molecule has 1 radical (unpaired) electrons. The first-order valence-corrected chi connectivity index (χ1v) is 9.87. The minimum atomic E-state index is -0.125. The van der Waals surface area contributed by atoms with Crippen LogP contribution in [0.3, 0.4) is 0 Å². The van der Waals surface area contributed by atoms with Gasteiger partial charge in [0.05, 0.1) is 11.3 Å². The standard InChI is InChI=1S/C21H22N.C5H8O2.Ir/c1-13(2)19-12-17-7-6-14(3)11-20(17)22-21(19)18-9-15(4)8-16(5)10-18;1-4(6)3-5(2)7;/h6-9,11-13H,1-5H3;3,6H,1-2H3;/q-1;;/b;4-3-;. The molecule has 0 saturated heterocycles. The number of fused-ring (bicyclic) bond motifs is 1. The van der Waals surface area contributed by atoms with Gasteiger partial charge in [-0.3, -0.25) is 9.78 Å². The van der Waals surface area contributed by atoms with E-state index in [-0.39, 0.29) is 31.6 Å². The number of benzene rings is 2. The van der Waals surface area contributed by atoms with Crippen molar-refractivity contribution in [3.8, 4) is 11.3 Å². The Hall–Kier alpha value is -2.29. The van der Waals surface area contributed by atoms with Crippen LogP contribution in [0.25, 0.3) is 22.2 Å². The van der Waals surface area contributed by atoms with E-state index in [1.807, 2.05) is 0 Å². The van der Waals surface area contributed by atoms with Gasteiger partial charge in [0, 0.05) is 26.2 Å². The van der Waals surface area contributed by atoms with E-state index < -0.39 is 0 Å². The predicted octanol–water partition coefficient (Wildman–Crippen LogP) is 6.79. The van der Waals surface area contributed by atoms with E-state index in [1.165, 1.54) is 42.0 Å². The maximum Gasteiger partial charge on any atom is 0.155 e. The van der Waals surface area contributed by atoms with E-state index in [0.717, 1.165) is 22.3 Å². The molecule has 3 rings (SSSR count). The van der Waals surface area contributed by atoms with Gasteiger partial charge in [0.2, 0.25) is 0 Å². The molecule has 0 unspecified atom stereocenters. The third kappa shape index (κ3) is 7.19. The monoisotopic (exact) mass is 581 g/mol. The molecule has 0 atom stereocenters. The number of hydrogen-bond acceptors (Lipinski definition) is 3. The van der Waals surface area contributed by atoms with Crippen molar-refractivity contribution in [3.05, 3.63) is 76.6 Å². The Morgan fingerprint density at radius 1 is 1.03 bits per heavy atom. The second-order valence-electron chi connectivity index (χ2n) is 7.93. The molecule has 161 valence electrons. The molecule has 0 amide bonds. The molecule has 0 fully saturated rings. The molecule has 1 N–H and O–H groups in total. The molecule has 0 aliphatic rings. The van der Waals surface area contributed by atoms with Crippen molar-refractivity contribution in [3.63, 3.8) is 0 Å². The fraction of sp³-hybridized carbons (Fsp3) is 0.308. The average Bonchev–Trinajstić information content (AvgIpc) is 2.58. The number of rotatable bonds is 3. The number of aryl methyl sites for hydroxylation is 3. The Labute approximate surface area is 193 Å². The van der Waals surface area contributed by atoms with Crippen LogP contribution in [0.15, 0.2) is 48.2 Å². The van der Waals surface area contributed by atoms with Gasteiger partial charge in [-0.15, -0.1) is 34.9 Å². The van der Waals surface area contributed by atoms with Crippen molar-refractivity contribution in [1.29, 1.82) is 0 Å². The second-order valence-corrected chi connectivity index (χ2v) is 7.93. The summed E-state index contributed by atoms with van der Waals surface area (Å²) in [6.07, 6.45) is 1.17. The first-order chi connectivity index (χ1) is 13.6. The normalized spacial score (nSPS) is 11.0. The largest absolute Gasteiger partial charge is 0.512 e. The van der Waals surface area contributed by atoms with E-state index >= 15 is 0 Å². The summed E-state index contributed by atoms with van der Waals surface area (Å²) in [5.74, 6) is 0.370. The molecule has 3 nitrogen and oxygen atoms in total. The van der Waals surface area contributed by atoms with E-state index in [0.29, 0.717) is 5.92 Å². The summed E-state index contributed by atoms with van der Waals surface area (Å²) >= 11 is 0. The van der Waals surface area contributed by atoms with Crippen molar-refractivity contribution in [1.82, 2.24) is 4.98 Å². The molecule has 0 bridgehead atoms. The van der Waals surface area contributed by atoms with Gasteiger partial charge >= 0.3 is 0 Å². The molecule has 2 aromatic carbocycles. The molecular formula is C26H30IrNO2-. The van der Waals surface area contributed by atoms with Crippen LogP contribution < -0.4 is 0 Å². The Bertz CT molecular complexity index is 1040. The van der Waals surface area contributed by atoms with E-state index in [4.69, 9.17) is 10.1 Å². The fourth-order valence-electron chi connectivity index (χ4n) is 3.27. The Balaban J connectivity index is 0.000000489. The molecule has 4 heteroatoms. The first kappa shape index (κ1) is 25.7. The number of aliphatic hydroxyl groups is 1. The zero-order valence-electron chi connectivity index (χ0n) is 18.8. The Morgan fingerprint density at radius 2 is 1.70 bits per heavy atom. The van der Waals surface area contributed by atoms with E-state index in [1.54, 1.807) is 0 Å². The van der Waals surface area contributed by atoms with Crippen LogP contribution in [0.1, 0.15) is 55.9 Å². The molecule has 0 spiro atoms. The van der Waals surface area contributed by atoms with Gasteiger partial charge in [-0.1, -0.05) is 51.5 Å². The van der Waals surface area contributed by atoms with Crippen LogP contribution >= 0.6 is 0 Å². The van der Waals surface area contributed by atoms with Crippen LogP contribution in [0.5, 0.6) is 0 Å². The van der Waals surface area contributed by atoms with Gasteiger partial charge in [-0.25, -0.2) is 0 Å². The second kappa shape index (κ2) is 11.2. The minimum Gasteiger partial charge on any atom is -0.512 e. The molecule has 1 aromatic heterocycles. The minimum absolute atomic E-state index is 0. The summed E-state index contributed by atoms with van der Waals surface area (Å²) in [4.78, 5) is 15.0. The van der Waals surface area contributed by atoms with Crippen molar-refractivity contribution in [2.24, 2.45) is 0 Å².